The first-order valence-corrected chi connectivity index (χ1v) is 9.12. The maximum atomic E-state index is 12.2. The van der Waals surface area contributed by atoms with Crippen LogP contribution in [0.2, 0.25) is 0 Å². The number of anilines is 1. The lowest BCUT2D eigenvalue weighted by molar-refractivity contribution is -0.131. The zero-order chi connectivity index (χ0) is 17.6. The maximum Gasteiger partial charge on any atom is 0.249 e. The van der Waals surface area contributed by atoms with Gasteiger partial charge in [0.15, 0.2) is 0 Å². The molecule has 2 fully saturated rings. The van der Waals surface area contributed by atoms with E-state index in [2.05, 4.69) is 47.2 Å². The van der Waals surface area contributed by atoms with Crippen LogP contribution in [0, 0.1) is 18.8 Å². The van der Waals surface area contributed by atoms with Crippen molar-refractivity contribution in [3.63, 3.8) is 0 Å². The van der Waals surface area contributed by atoms with Crippen molar-refractivity contribution in [2.24, 2.45) is 11.8 Å². The number of carbonyl (C=O) groups excluding carboxylic acids is 1. The molecule has 1 aromatic heterocycles. The number of nitrogens with zero attached hydrogens (tertiary/aromatic N) is 2. The van der Waals surface area contributed by atoms with Crippen molar-refractivity contribution in [2.45, 2.75) is 38.8 Å². The van der Waals surface area contributed by atoms with Crippen LogP contribution < -0.4 is 10.2 Å². The van der Waals surface area contributed by atoms with Crippen molar-refractivity contribution in [3.8, 4) is 0 Å². The molecule has 4 rings (SSSR count). The SMILES string of the molecule is Cc1ccc(N2C[C@@H](C)[C@@H](NC(=O)[C@H](O)C3CC3)C2)c2cccnc12. The van der Waals surface area contributed by atoms with Crippen LogP contribution in [0.1, 0.15) is 25.3 Å². The molecule has 2 N–H and O–H groups in total. The summed E-state index contributed by atoms with van der Waals surface area (Å²) in [5.41, 5.74) is 3.37. The van der Waals surface area contributed by atoms with E-state index in [0.717, 1.165) is 36.8 Å². The highest BCUT2D eigenvalue weighted by atomic mass is 16.3. The summed E-state index contributed by atoms with van der Waals surface area (Å²) in [6, 6.07) is 8.40. The lowest BCUT2D eigenvalue weighted by Gasteiger charge is -2.22. The summed E-state index contributed by atoms with van der Waals surface area (Å²) in [5, 5.41) is 14.2. The Morgan fingerprint density at radius 3 is 2.88 bits per heavy atom. The van der Waals surface area contributed by atoms with Crippen LogP contribution in [0.5, 0.6) is 0 Å². The Kier molecular flexibility index (Phi) is 4.12. The van der Waals surface area contributed by atoms with E-state index in [1.165, 1.54) is 11.3 Å². The van der Waals surface area contributed by atoms with Gasteiger partial charge in [0, 0.05) is 30.4 Å². The predicted octanol–water partition coefficient (Wildman–Crippen LogP) is 2.26. The second-order valence-electron chi connectivity index (χ2n) is 7.58. The average Bonchev–Trinajstić information content (AvgIpc) is 3.40. The van der Waals surface area contributed by atoms with Gasteiger partial charge < -0.3 is 15.3 Å². The molecule has 3 atom stereocenters. The lowest BCUT2D eigenvalue weighted by atomic mass is 10.1. The van der Waals surface area contributed by atoms with Crippen molar-refractivity contribution in [3.05, 3.63) is 36.0 Å². The number of aromatic nitrogens is 1. The fourth-order valence-electron chi connectivity index (χ4n) is 3.82. The Morgan fingerprint density at radius 2 is 2.12 bits per heavy atom. The number of rotatable bonds is 4. The molecule has 1 aliphatic heterocycles. The third kappa shape index (κ3) is 3.09. The third-order valence-corrected chi connectivity index (χ3v) is 5.57. The molecule has 2 aromatic rings. The summed E-state index contributed by atoms with van der Waals surface area (Å²) in [4.78, 5) is 19.1. The molecule has 1 saturated carbocycles. The summed E-state index contributed by atoms with van der Waals surface area (Å²) >= 11 is 0. The summed E-state index contributed by atoms with van der Waals surface area (Å²) < 4.78 is 0. The molecule has 2 heterocycles. The Hall–Kier alpha value is -2.14. The number of pyridine rings is 1. The van der Waals surface area contributed by atoms with Crippen LogP contribution in [0.25, 0.3) is 10.9 Å². The molecule has 25 heavy (non-hydrogen) atoms. The van der Waals surface area contributed by atoms with E-state index in [1.54, 1.807) is 0 Å². The van der Waals surface area contributed by atoms with E-state index >= 15 is 0 Å². The normalized spacial score (nSPS) is 24.5. The first-order chi connectivity index (χ1) is 12.0. The first kappa shape index (κ1) is 16.3. The molecule has 0 radical (unpaired) electrons. The van der Waals surface area contributed by atoms with Gasteiger partial charge in [-0.2, -0.15) is 0 Å². The van der Waals surface area contributed by atoms with Crippen LogP contribution >= 0.6 is 0 Å². The highest BCUT2D eigenvalue weighted by molar-refractivity contribution is 5.94. The number of benzene rings is 1. The van der Waals surface area contributed by atoms with Crippen LogP contribution in [-0.4, -0.2) is 41.2 Å². The average molecular weight is 339 g/mol. The van der Waals surface area contributed by atoms with E-state index < -0.39 is 6.10 Å². The van der Waals surface area contributed by atoms with E-state index in [-0.39, 0.29) is 17.9 Å². The number of aliphatic hydroxyl groups excluding tert-OH is 1. The molecule has 1 aliphatic carbocycles. The topological polar surface area (TPSA) is 65.5 Å². The van der Waals surface area contributed by atoms with Crippen molar-refractivity contribution in [2.75, 3.05) is 18.0 Å². The Bertz CT molecular complexity index is 803. The van der Waals surface area contributed by atoms with Gasteiger partial charge in [-0.25, -0.2) is 0 Å². The molecule has 1 saturated heterocycles. The highest BCUT2D eigenvalue weighted by Gasteiger charge is 2.38. The Morgan fingerprint density at radius 1 is 1.32 bits per heavy atom. The lowest BCUT2D eigenvalue weighted by Crippen LogP contribution is -2.45. The minimum absolute atomic E-state index is 0.0638. The quantitative estimate of drug-likeness (QED) is 0.897. The highest BCUT2D eigenvalue weighted by Crippen LogP contribution is 2.34. The Balaban J connectivity index is 1.53. The van der Waals surface area contributed by atoms with Gasteiger partial charge in [-0.1, -0.05) is 13.0 Å². The first-order valence-electron chi connectivity index (χ1n) is 9.12. The summed E-state index contributed by atoms with van der Waals surface area (Å²) in [5.74, 6) is 0.292. The van der Waals surface area contributed by atoms with Crippen molar-refractivity contribution >= 4 is 22.5 Å². The van der Waals surface area contributed by atoms with Crippen molar-refractivity contribution in [1.29, 1.82) is 0 Å². The van der Waals surface area contributed by atoms with Crippen LogP contribution in [0.4, 0.5) is 5.69 Å². The molecule has 5 nitrogen and oxygen atoms in total. The van der Waals surface area contributed by atoms with Gasteiger partial charge in [-0.15, -0.1) is 0 Å². The number of fused-ring (bicyclic) bond motifs is 1. The fourth-order valence-corrected chi connectivity index (χ4v) is 3.82. The smallest absolute Gasteiger partial charge is 0.249 e. The van der Waals surface area contributed by atoms with Gasteiger partial charge in [0.2, 0.25) is 5.91 Å². The fraction of sp³-hybridized carbons (Fsp3) is 0.500. The minimum atomic E-state index is -0.842. The number of carbonyl (C=O) groups is 1. The minimum Gasteiger partial charge on any atom is -0.383 e. The van der Waals surface area contributed by atoms with Gasteiger partial charge in [0.25, 0.3) is 0 Å². The van der Waals surface area contributed by atoms with Crippen molar-refractivity contribution in [1.82, 2.24) is 10.3 Å². The summed E-state index contributed by atoms with van der Waals surface area (Å²) in [6.45, 7) is 5.88. The van der Waals surface area contributed by atoms with Gasteiger partial charge >= 0.3 is 0 Å². The zero-order valence-electron chi connectivity index (χ0n) is 14.8. The van der Waals surface area contributed by atoms with Gasteiger partial charge in [0.1, 0.15) is 6.10 Å². The van der Waals surface area contributed by atoms with E-state index in [1.807, 2.05) is 12.3 Å². The molecule has 0 spiro atoms. The summed E-state index contributed by atoms with van der Waals surface area (Å²) in [7, 11) is 0. The molecule has 2 aliphatic rings. The zero-order valence-corrected chi connectivity index (χ0v) is 14.8. The van der Waals surface area contributed by atoms with Gasteiger partial charge in [0.05, 0.1) is 11.6 Å². The number of nitrogens with one attached hydrogen (secondary N) is 1. The number of aryl methyl sites for hydroxylation is 1. The molecule has 1 aromatic carbocycles. The number of aliphatic hydroxyl groups is 1. The molecule has 132 valence electrons. The molecule has 1 amide bonds. The molecule has 5 heteroatoms. The van der Waals surface area contributed by atoms with E-state index in [9.17, 15) is 9.90 Å². The second-order valence-corrected chi connectivity index (χ2v) is 7.58. The van der Waals surface area contributed by atoms with Crippen LogP contribution in [0.15, 0.2) is 30.5 Å². The van der Waals surface area contributed by atoms with Gasteiger partial charge in [-0.05, 0) is 55.4 Å². The predicted molar refractivity (Wildman–Crippen MR) is 98.5 cm³/mol. The van der Waals surface area contributed by atoms with E-state index in [4.69, 9.17) is 0 Å². The molecule has 0 bridgehead atoms. The Labute approximate surface area is 148 Å². The second kappa shape index (κ2) is 6.30. The summed E-state index contributed by atoms with van der Waals surface area (Å²) in [6.07, 6.45) is 2.91. The van der Waals surface area contributed by atoms with E-state index in [0.29, 0.717) is 5.92 Å². The monoisotopic (exact) mass is 339 g/mol. The maximum absolute atomic E-state index is 12.2. The number of hydrogen-bond donors (Lipinski definition) is 2. The third-order valence-electron chi connectivity index (χ3n) is 5.57. The van der Waals surface area contributed by atoms with Crippen molar-refractivity contribution < 1.29 is 9.90 Å². The van der Waals surface area contributed by atoms with Crippen LogP contribution in [0.3, 0.4) is 0 Å². The number of hydrogen-bond acceptors (Lipinski definition) is 4. The molecule has 0 unspecified atom stereocenters. The largest absolute Gasteiger partial charge is 0.383 e. The standard InChI is InChI=1S/C20H25N3O2/c1-12-5-8-17(15-4-3-9-21-18(12)15)23-10-13(2)16(11-23)22-20(25)19(24)14-6-7-14/h3-5,8-9,13-14,16,19,24H,6-7,10-11H2,1-2H3,(H,22,25)/t13-,16+,19-/m1/s1. The molecular weight excluding hydrogens is 314 g/mol. The van der Waals surface area contributed by atoms with Gasteiger partial charge in [-0.3, -0.25) is 9.78 Å². The number of amides is 1. The molecular formula is C20H25N3O2. The van der Waals surface area contributed by atoms with Crippen LogP contribution in [-0.2, 0) is 4.79 Å².